The first-order valence-corrected chi connectivity index (χ1v) is 14.5. The van der Waals surface area contributed by atoms with E-state index in [0.29, 0.717) is 31.7 Å². The molecule has 2 amide bonds. The molecule has 3 fully saturated rings. The van der Waals surface area contributed by atoms with Gasteiger partial charge in [0.15, 0.2) is 0 Å². The second-order valence-corrected chi connectivity index (χ2v) is 11.7. The fraction of sp³-hybridized carbons (Fsp3) is 0.353. The van der Waals surface area contributed by atoms with Gasteiger partial charge >= 0.3 is 6.18 Å². The summed E-state index contributed by atoms with van der Waals surface area (Å²) in [5, 5.41) is 2.92. The molecule has 9 heteroatoms. The third-order valence-electron chi connectivity index (χ3n) is 8.70. The Morgan fingerprint density at radius 1 is 0.837 bits per heavy atom. The van der Waals surface area contributed by atoms with Gasteiger partial charge in [0.1, 0.15) is 0 Å². The molecule has 2 saturated heterocycles. The number of carbonyl (C=O) groups is 2. The normalized spacial score (nSPS) is 22.0. The van der Waals surface area contributed by atoms with E-state index in [4.69, 9.17) is 0 Å². The molecule has 0 spiro atoms. The molecule has 3 aromatic carbocycles. The third-order valence-corrected chi connectivity index (χ3v) is 8.70. The molecule has 2 heterocycles. The summed E-state index contributed by atoms with van der Waals surface area (Å²) in [5.74, 6) is 5.81. The number of fused-ring (bicyclic) bond motifs is 1. The lowest BCUT2D eigenvalue weighted by molar-refractivity contribution is -0.138. The van der Waals surface area contributed by atoms with Gasteiger partial charge in [0.2, 0.25) is 0 Å². The highest BCUT2D eigenvalue weighted by molar-refractivity contribution is 5.96. The molecule has 1 unspecified atom stereocenters. The van der Waals surface area contributed by atoms with Crippen LogP contribution in [0.25, 0.3) is 0 Å². The Kier molecular flexibility index (Phi) is 7.99. The number of likely N-dealkylation sites (tertiary alicyclic amines) is 1. The van der Waals surface area contributed by atoms with Crippen molar-refractivity contribution in [1.82, 2.24) is 20.0 Å². The third kappa shape index (κ3) is 6.61. The monoisotopic (exact) mass is 586 g/mol. The van der Waals surface area contributed by atoms with Gasteiger partial charge in [0.25, 0.3) is 11.8 Å². The Bertz CT molecular complexity index is 1540. The number of piperidine rings is 1. The summed E-state index contributed by atoms with van der Waals surface area (Å²) < 4.78 is 41.9. The van der Waals surface area contributed by atoms with Gasteiger partial charge in [0.05, 0.1) is 5.56 Å². The smallest absolute Gasteiger partial charge is 0.349 e. The average Bonchev–Trinajstić information content (AvgIpc) is 3.42. The summed E-state index contributed by atoms with van der Waals surface area (Å²) >= 11 is 0. The van der Waals surface area contributed by atoms with E-state index >= 15 is 0 Å². The number of nitrogens with zero attached hydrogens (tertiary/aromatic N) is 3. The Labute approximate surface area is 249 Å². The molecule has 6 nitrogen and oxygen atoms in total. The lowest BCUT2D eigenvalue weighted by atomic mass is 10.0. The molecule has 0 bridgehead atoms. The van der Waals surface area contributed by atoms with Crippen LogP contribution in [-0.4, -0.2) is 78.9 Å². The van der Waals surface area contributed by atoms with Crippen molar-refractivity contribution < 1.29 is 22.8 Å². The van der Waals surface area contributed by atoms with Gasteiger partial charge in [-0.05, 0) is 61.1 Å². The number of rotatable bonds is 5. The molecule has 6 rings (SSSR count). The van der Waals surface area contributed by atoms with Crippen LogP contribution in [0.5, 0.6) is 0 Å². The summed E-state index contributed by atoms with van der Waals surface area (Å²) in [6, 6.07) is 20.6. The van der Waals surface area contributed by atoms with E-state index in [0.717, 1.165) is 30.3 Å². The molecule has 3 aliphatic rings. The maximum atomic E-state index is 14.0. The largest absolute Gasteiger partial charge is 0.416 e. The number of amides is 2. The van der Waals surface area contributed by atoms with Crippen molar-refractivity contribution in [3.63, 3.8) is 0 Å². The second kappa shape index (κ2) is 11.9. The van der Waals surface area contributed by atoms with E-state index < -0.39 is 17.6 Å². The Balaban J connectivity index is 1.03. The van der Waals surface area contributed by atoms with E-state index in [1.807, 2.05) is 54.4 Å². The minimum atomic E-state index is -4.55. The Morgan fingerprint density at radius 3 is 2.07 bits per heavy atom. The molecule has 0 radical (unpaired) electrons. The number of halogens is 3. The zero-order valence-corrected chi connectivity index (χ0v) is 23.9. The van der Waals surface area contributed by atoms with E-state index in [1.54, 1.807) is 17.0 Å². The first-order valence-electron chi connectivity index (χ1n) is 14.5. The quantitative estimate of drug-likeness (QED) is 0.452. The van der Waals surface area contributed by atoms with Crippen molar-refractivity contribution in [3.8, 4) is 11.8 Å². The topological polar surface area (TPSA) is 55.9 Å². The number of nitrogens with one attached hydrogen (secondary N) is 1. The molecule has 3 aromatic rings. The highest BCUT2D eigenvalue weighted by Gasteiger charge is 2.57. The number of carbonyl (C=O) groups excluding carboxylic acids is 2. The second-order valence-electron chi connectivity index (χ2n) is 11.7. The molecule has 0 aromatic heterocycles. The zero-order chi connectivity index (χ0) is 30.1. The van der Waals surface area contributed by atoms with Gasteiger partial charge in [-0.2, -0.15) is 13.2 Å². The lowest BCUT2D eigenvalue weighted by Gasteiger charge is -2.33. The van der Waals surface area contributed by atoms with Gasteiger partial charge in [-0.1, -0.05) is 36.1 Å². The predicted molar refractivity (Wildman–Crippen MR) is 157 cm³/mol. The van der Waals surface area contributed by atoms with Crippen LogP contribution in [0.3, 0.4) is 0 Å². The summed E-state index contributed by atoms with van der Waals surface area (Å²) in [7, 11) is 2.00. The summed E-state index contributed by atoms with van der Waals surface area (Å²) in [5.41, 5.74) is 1.73. The van der Waals surface area contributed by atoms with Crippen LogP contribution in [-0.2, 0) is 12.7 Å². The van der Waals surface area contributed by atoms with Crippen LogP contribution in [0, 0.1) is 23.7 Å². The van der Waals surface area contributed by atoms with Gasteiger partial charge < -0.3 is 15.1 Å². The first kappa shape index (κ1) is 29.0. The van der Waals surface area contributed by atoms with Gasteiger partial charge in [-0.25, -0.2) is 0 Å². The standard InChI is InChI=1S/C34H33F3N4O2/c1-39-15-17-40(18-16-39)20-27-14-13-26(19-30(27)34(35,36)37)32(42)38-31-28-21-41(22-29(28)31)33(43)25-11-9-24(10-12-25)8-7-23-5-3-2-4-6-23/h2-6,9-14,19,28-29,31H,15-18,20-22H2,1H3,(H,38,42)/t28-,29+,31?. The fourth-order valence-electron chi connectivity index (χ4n) is 6.05. The lowest BCUT2D eigenvalue weighted by Crippen LogP contribution is -2.44. The van der Waals surface area contributed by atoms with Crippen molar-refractivity contribution in [2.24, 2.45) is 11.8 Å². The van der Waals surface area contributed by atoms with Crippen molar-refractivity contribution in [2.75, 3.05) is 46.3 Å². The number of hydrogen-bond acceptors (Lipinski definition) is 4. The number of hydrogen-bond donors (Lipinski definition) is 1. The maximum absolute atomic E-state index is 14.0. The fourth-order valence-corrected chi connectivity index (χ4v) is 6.05. The van der Waals surface area contributed by atoms with Crippen LogP contribution < -0.4 is 5.32 Å². The number of alkyl halides is 3. The number of benzene rings is 3. The number of likely N-dealkylation sites (N-methyl/N-ethyl adjacent to an activating group) is 1. The molecule has 1 saturated carbocycles. The molecular formula is C34H33F3N4O2. The predicted octanol–water partition coefficient (Wildman–Crippen LogP) is 4.35. The highest BCUT2D eigenvalue weighted by Crippen LogP contribution is 2.46. The van der Waals surface area contributed by atoms with Gasteiger partial charge in [0, 0.05) is 85.9 Å². The molecule has 222 valence electrons. The van der Waals surface area contributed by atoms with Crippen molar-refractivity contribution >= 4 is 11.8 Å². The molecule has 43 heavy (non-hydrogen) atoms. The molecule has 1 aliphatic carbocycles. The molecular weight excluding hydrogens is 553 g/mol. The summed E-state index contributed by atoms with van der Waals surface area (Å²) in [6.45, 7) is 4.23. The SMILES string of the molecule is CN1CCN(Cc2ccc(C(=O)NC3[C@H]4CN(C(=O)c5ccc(C#Cc6ccccc6)cc5)C[C@@H]34)cc2C(F)(F)F)CC1. The number of piperazine rings is 1. The van der Waals surface area contributed by atoms with E-state index in [2.05, 4.69) is 22.1 Å². The molecule has 1 N–H and O–H groups in total. The van der Waals surface area contributed by atoms with Crippen LogP contribution >= 0.6 is 0 Å². The van der Waals surface area contributed by atoms with Gasteiger partial charge in [-0.15, -0.1) is 0 Å². The highest BCUT2D eigenvalue weighted by atomic mass is 19.4. The van der Waals surface area contributed by atoms with Crippen molar-refractivity contribution in [3.05, 3.63) is 106 Å². The van der Waals surface area contributed by atoms with Crippen LogP contribution in [0.15, 0.2) is 72.8 Å². The molecule has 2 aliphatic heterocycles. The minimum Gasteiger partial charge on any atom is -0.349 e. The van der Waals surface area contributed by atoms with Crippen LogP contribution in [0.2, 0.25) is 0 Å². The van der Waals surface area contributed by atoms with Crippen LogP contribution in [0.1, 0.15) is 43.0 Å². The average molecular weight is 587 g/mol. The zero-order valence-electron chi connectivity index (χ0n) is 23.9. The Morgan fingerprint density at radius 2 is 1.44 bits per heavy atom. The summed E-state index contributed by atoms with van der Waals surface area (Å²) in [4.78, 5) is 32.0. The van der Waals surface area contributed by atoms with E-state index in [1.165, 1.54) is 12.1 Å². The molecule has 3 atom stereocenters. The van der Waals surface area contributed by atoms with E-state index in [-0.39, 0.29) is 41.5 Å². The van der Waals surface area contributed by atoms with Crippen molar-refractivity contribution in [2.45, 2.75) is 18.8 Å². The van der Waals surface area contributed by atoms with E-state index in [9.17, 15) is 22.8 Å². The first-order chi connectivity index (χ1) is 20.7. The maximum Gasteiger partial charge on any atom is 0.416 e. The summed E-state index contributed by atoms with van der Waals surface area (Å²) in [6.07, 6.45) is -4.55. The van der Waals surface area contributed by atoms with Gasteiger partial charge in [-0.3, -0.25) is 14.5 Å². The van der Waals surface area contributed by atoms with Crippen molar-refractivity contribution in [1.29, 1.82) is 0 Å². The van der Waals surface area contributed by atoms with Crippen LogP contribution in [0.4, 0.5) is 13.2 Å². The minimum absolute atomic E-state index is 0.00260. The Hall–Kier alpha value is -4.13.